The summed E-state index contributed by atoms with van der Waals surface area (Å²) in [6.45, 7) is 4.58. The fourth-order valence-corrected chi connectivity index (χ4v) is 2.94. The molecule has 0 unspecified atom stereocenters. The first kappa shape index (κ1) is 10.7. The van der Waals surface area contributed by atoms with Gasteiger partial charge in [-0.3, -0.25) is 0 Å². The Morgan fingerprint density at radius 2 is 1.80 bits per heavy atom. The molecular weight excluding hydrogens is 160 g/mol. The minimum absolute atomic E-state index is 0.815. The van der Waals surface area contributed by atoms with E-state index in [2.05, 4.69) is 26.4 Å². The number of thioether (sulfide) groups is 2. The van der Waals surface area contributed by atoms with Crippen molar-refractivity contribution in [3.63, 3.8) is 0 Å². The molecule has 0 rings (SSSR count). The van der Waals surface area contributed by atoms with Crippen molar-refractivity contribution in [3.05, 3.63) is 0 Å². The summed E-state index contributed by atoms with van der Waals surface area (Å²) in [5, 5.41) is 1.68. The number of rotatable bonds is 5. The normalized spacial score (nSPS) is 16.8. The molecule has 0 bridgehead atoms. The van der Waals surface area contributed by atoms with Crippen LogP contribution in [0.15, 0.2) is 0 Å². The smallest absolute Gasteiger partial charge is 0.0160 e. The molecule has 2 atom stereocenters. The second kappa shape index (κ2) is 6.41. The topological polar surface area (TPSA) is 0 Å². The van der Waals surface area contributed by atoms with Crippen LogP contribution in [-0.2, 0) is 0 Å². The molecule has 0 aromatic carbocycles. The summed E-state index contributed by atoms with van der Waals surface area (Å²) in [5.74, 6) is 0. The predicted molar refractivity (Wildman–Crippen MR) is 55.2 cm³/mol. The van der Waals surface area contributed by atoms with Gasteiger partial charge in [-0.1, -0.05) is 20.3 Å². The lowest BCUT2D eigenvalue weighted by Crippen LogP contribution is -2.15. The molecule has 2 heteroatoms. The number of hydrogen-bond donors (Lipinski definition) is 0. The maximum absolute atomic E-state index is 2.32. The van der Waals surface area contributed by atoms with Gasteiger partial charge in [0.05, 0.1) is 0 Å². The van der Waals surface area contributed by atoms with Gasteiger partial charge in [-0.05, 0) is 18.9 Å². The Balaban J connectivity index is 3.56. The summed E-state index contributed by atoms with van der Waals surface area (Å²) in [7, 11) is 0. The van der Waals surface area contributed by atoms with Crippen molar-refractivity contribution < 1.29 is 0 Å². The summed E-state index contributed by atoms with van der Waals surface area (Å²) in [6.07, 6.45) is 7.09. The highest BCUT2D eigenvalue weighted by molar-refractivity contribution is 8.03. The molecule has 62 valence electrons. The van der Waals surface area contributed by atoms with Crippen molar-refractivity contribution in [2.75, 3.05) is 12.5 Å². The third kappa shape index (κ3) is 3.77. The highest BCUT2D eigenvalue weighted by atomic mass is 32.2. The van der Waals surface area contributed by atoms with Crippen molar-refractivity contribution in [2.45, 2.75) is 37.2 Å². The maximum Gasteiger partial charge on any atom is 0.0160 e. The Kier molecular flexibility index (Phi) is 6.86. The fraction of sp³-hybridized carbons (Fsp3) is 1.00. The van der Waals surface area contributed by atoms with E-state index in [1.807, 2.05) is 23.5 Å². The molecule has 0 saturated heterocycles. The van der Waals surface area contributed by atoms with Crippen LogP contribution in [0.3, 0.4) is 0 Å². The molecule has 0 aliphatic carbocycles. The Labute approximate surface area is 73.5 Å². The average molecular weight is 178 g/mol. The van der Waals surface area contributed by atoms with Crippen LogP contribution in [0.4, 0.5) is 0 Å². The minimum atomic E-state index is 0.815. The molecule has 0 aliphatic heterocycles. The highest BCUT2D eigenvalue weighted by Gasteiger charge is 2.12. The Bertz CT molecular complexity index is 73.7. The summed E-state index contributed by atoms with van der Waals surface area (Å²) in [5.41, 5.74) is 0. The molecule has 0 saturated carbocycles. The third-order valence-corrected chi connectivity index (χ3v) is 4.27. The summed E-state index contributed by atoms with van der Waals surface area (Å²) >= 11 is 3.98. The van der Waals surface area contributed by atoms with Crippen molar-refractivity contribution in [3.8, 4) is 0 Å². The molecule has 0 fully saturated rings. The molecule has 0 heterocycles. The first-order valence-corrected chi connectivity index (χ1v) is 6.39. The molecule has 0 amide bonds. The molecular formula is C8H18S2. The molecule has 0 radical (unpaired) electrons. The first-order valence-electron chi connectivity index (χ1n) is 3.81. The Hall–Kier alpha value is 0.700. The van der Waals surface area contributed by atoms with Crippen LogP contribution < -0.4 is 0 Å². The zero-order valence-corrected chi connectivity index (χ0v) is 9.02. The molecule has 0 aliphatic rings. The maximum atomic E-state index is 2.32. The molecule has 10 heavy (non-hydrogen) atoms. The van der Waals surface area contributed by atoms with E-state index < -0.39 is 0 Å². The zero-order chi connectivity index (χ0) is 7.98. The van der Waals surface area contributed by atoms with Crippen molar-refractivity contribution >= 4 is 23.5 Å². The van der Waals surface area contributed by atoms with Crippen LogP contribution in [0.25, 0.3) is 0 Å². The molecule has 0 spiro atoms. The standard InChI is InChI=1S/C8H18S2/c1-5-6-8(10-4)7(2)9-3/h7-8H,5-6H2,1-4H3/t7-,8-/m1/s1. The van der Waals surface area contributed by atoms with Gasteiger partial charge in [0.15, 0.2) is 0 Å². The van der Waals surface area contributed by atoms with Gasteiger partial charge in [0.1, 0.15) is 0 Å². The van der Waals surface area contributed by atoms with Gasteiger partial charge >= 0.3 is 0 Å². The second-order valence-electron chi connectivity index (χ2n) is 2.50. The van der Waals surface area contributed by atoms with E-state index in [0.717, 1.165) is 10.5 Å². The van der Waals surface area contributed by atoms with E-state index in [9.17, 15) is 0 Å². The fourth-order valence-electron chi connectivity index (χ4n) is 0.980. The van der Waals surface area contributed by atoms with Crippen molar-refractivity contribution in [2.24, 2.45) is 0 Å². The lowest BCUT2D eigenvalue weighted by Gasteiger charge is -2.19. The second-order valence-corrected chi connectivity index (χ2v) is 4.80. The van der Waals surface area contributed by atoms with Gasteiger partial charge in [0.25, 0.3) is 0 Å². The summed E-state index contributed by atoms with van der Waals surface area (Å²) in [4.78, 5) is 0. The largest absolute Gasteiger partial charge is 0.161 e. The van der Waals surface area contributed by atoms with Crippen LogP contribution in [0.5, 0.6) is 0 Å². The summed E-state index contributed by atoms with van der Waals surface area (Å²) < 4.78 is 0. The minimum Gasteiger partial charge on any atom is -0.161 e. The van der Waals surface area contributed by atoms with Crippen LogP contribution in [0.1, 0.15) is 26.7 Å². The lowest BCUT2D eigenvalue weighted by molar-refractivity contribution is 0.732. The SMILES string of the molecule is CCC[C@@H](SC)[C@@H](C)SC. The molecule has 0 nitrogen and oxygen atoms in total. The number of hydrogen-bond acceptors (Lipinski definition) is 2. The Morgan fingerprint density at radius 3 is 2.10 bits per heavy atom. The molecule has 0 N–H and O–H groups in total. The monoisotopic (exact) mass is 178 g/mol. The van der Waals surface area contributed by atoms with Gasteiger partial charge in [-0.25, -0.2) is 0 Å². The van der Waals surface area contributed by atoms with Crippen LogP contribution in [0, 0.1) is 0 Å². The van der Waals surface area contributed by atoms with Gasteiger partial charge in [-0.2, -0.15) is 23.5 Å². The van der Waals surface area contributed by atoms with Gasteiger partial charge in [0.2, 0.25) is 0 Å². The van der Waals surface area contributed by atoms with Gasteiger partial charge < -0.3 is 0 Å². The van der Waals surface area contributed by atoms with Gasteiger partial charge in [-0.15, -0.1) is 0 Å². The van der Waals surface area contributed by atoms with Crippen LogP contribution >= 0.6 is 23.5 Å². The highest BCUT2D eigenvalue weighted by Crippen LogP contribution is 2.24. The third-order valence-electron chi connectivity index (χ3n) is 1.77. The van der Waals surface area contributed by atoms with E-state index >= 15 is 0 Å². The van der Waals surface area contributed by atoms with Crippen molar-refractivity contribution in [1.82, 2.24) is 0 Å². The van der Waals surface area contributed by atoms with E-state index in [4.69, 9.17) is 0 Å². The summed E-state index contributed by atoms with van der Waals surface area (Å²) in [6, 6.07) is 0. The average Bonchev–Trinajstić information content (AvgIpc) is 1.99. The zero-order valence-electron chi connectivity index (χ0n) is 7.39. The van der Waals surface area contributed by atoms with Crippen molar-refractivity contribution in [1.29, 1.82) is 0 Å². The predicted octanol–water partition coefficient (Wildman–Crippen LogP) is 3.27. The molecule has 0 aromatic heterocycles. The van der Waals surface area contributed by atoms with E-state index in [1.54, 1.807) is 0 Å². The van der Waals surface area contributed by atoms with Crippen LogP contribution in [-0.4, -0.2) is 23.0 Å². The van der Waals surface area contributed by atoms with Gasteiger partial charge in [0, 0.05) is 10.5 Å². The van der Waals surface area contributed by atoms with E-state index in [1.165, 1.54) is 12.8 Å². The lowest BCUT2D eigenvalue weighted by atomic mass is 10.2. The van der Waals surface area contributed by atoms with Crippen LogP contribution in [0.2, 0.25) is 0 Å². The van der Waals surface area contributed by atoms with E-state index in [0.29, 0.717) is 0 Å². The van der Waals surface area contributed by atoms with E-state index in [-0.39, 0.29) is 0 Å². The Morgan fingerprint density at radius 1 is 1.20 bits per heavy atom. The first-order chi connectivity index (χ1) is 4.76. The quantitative estimate of drug-likeness (QED) is 0.634. The molecule has 0 aromatic rings.